The third kappa shape index (κ3) is 2.68. The predicted octanol–water partition coefficient (Wildman–Crippen LogP) is 2.28. The van der Waals surface area contributed by atoms with Crippen LogP contribution in [-0.4, -0.2) is 36.4 Å². The number of aromatic carboxylic acids is 1. The zero-order valence-electron chi connectivity index (χ0n) is 10.7. The highest BCUT2D eigenvalue weighted by Gasteiger charge is 2.29. The Morgan fingerprint density at radius 3 is 2.42 bits per heavy atom. The van der Waals surface area contributed by atoms with Gasteiger partial charge in [0.2, 0.25) is 0 Å². The van der Waals surface area contributed by atoms with Crippen molar-refractivity contribution in [2.24, 2.45) is 0 Å². The maximum absolute atomic E-state index is 13.9. The Hall–Kier alpha value is -1.69. The van der Waals surface area contributed by atoms with Crippen LogP contribution in [0.15, 0.2) is 12.1 Å². The average molecular weight is 271 g/mol. The van der Waals surface area contributed by atoms with Crippen LogP contribution in [0.2, 0.25) is 0 Å². The average Bonchev–Trinajstić information content (AvgIpc) is 2.30. The lowest BCUT2D eigenvalue weighted by molar-refractivity contribution is -0.00553. The maximum atomic E-state index is 13.9. The van der Waals surface area contributed by atoms with Gasteiger partial charge >= 0.3 is 5.97 Å². The number of carboxylic acids is 1. The molecule has 19 heavy (non-hydrogen) atoms. The third-order valence-electron chi connectivity index (χ3n) is 3.04. The first-order valence-electron chi connectivity index (χ1n) is 6.02. The molecule has 0 aromatic heterocycles. The second kappa shape index (κ2) is 5.13. The predicted molar refractivity (Wildman–Crippen MR) is 65.5 cm³/mol. The van der Waals surface area contributed by atoms with Crippen LogP contribution in [-0.2, 0) is 4.74 Å². The van der Waals surface area contributed by atoms with Gasteiger partial charge in [0.05, 0.1) is 23.5 Å². The smallest absolute Gasteiger partial charge is 0.337 e. The normalized spacial score (nSPS) is 23.5. The van der Waals surface area contributed by atoms with Crippen molar-refractivity contribution in [1.82, 2.24) is 0 Å². The molecular weight excluding hydrogens is 256 g/mol. The molecule has 1 aromatic carbocycles. The van der Waals surface area contributed by atoms with E-state index in [2.05, 4.69) is 0 Å². The van der Waals surface area contributed by atoms with Crippen molar-refractivity contribution in [3.05, 3.63) is 29.3 Å². The summed E-state index contributed by atoms with van der Waals surface area (Å²) < 4.78 is 32.8. The van der Waals surface area contributed by atoms with Gasteiger partial charge < -0.3 is 14.7 Å². The molecular formula is C13H15F2NO3. The lowest BCUT2D eigenvalue weighted by Crippen LogP contribution is -2.46. The second-order valence-electron chi connectivity index (χ2n) is 4.72. The summed E-state index contributed by atoms with van der Waals surface area (Å²) in [6.45, 7) is 4.26. The molecule has 0 unspecified atom stereocenters. The molecule has 0 radical (unpaired) electrons. The highest BCUT2D eigenvalue weighted by molar-refractivity contribution is 5.94. The molecule has 4 nitrogen and oxygen atoms in total. The first-order valence-corrected chi connectivity index (χ1v) is 6.02. The Kier molecular flexibility index (Phi) is 3.71. The lowest BCUT2D eigenvalue weighted by atomic mass is 10.1. The fourth-order valence-electron chi connectivity index (χ4n) is 2.38. The molecule has 1 saturated heterocycles. The van der Waals surface area contributed by atoms with Gasteiger partial charge in [-0.2, -0.15) is 0 Å². The molecule has 1 aromatic rings. The minimum Gasteiger partial charge on any atom is -0.478 e. The number of benzene rings is 1. The zero-order chi connectivity index (χ0) is 14.2. The molecule has 2 rings (SSSR count). The summed E-state index contributed by atoms with van der Waals surface area (Å²) in [6.07, 6.45) is -0.346. The van der Waals surface area contributed by atoms with E-state index in [0.29, 0.717) is 13.1 Å². The van der Waals surface area contributed by atoms with Crippen molar-refractivity contribution in [3.8, 4) is 0 Å². The third-order valence-corrected chi connectivity index (χ3v) is 3.04. The Balaban J connectivity index is 2.47. The van der Waals surface area contributed by atoms with Crippen molar-refractivity contribution in [2.75, 3.05) is 18.0 Å². The fraction of sp³-hybridized carbons (Fsp3) is 0.462. The first-order chi connectivity index (χ1) is 8.90. The molecule has 1 aliphatic heterocycles. The number of rotatable bonds is 2. The minimum atomic E-state index is -1.28. The molecule has 6 heteroatoms. The van der Waals surface area contributed by atoms with Crippen LogP contribution in [0.5, 0.6) is 0 Å². The van der Waals surface area contributed by atoms with Crippen molar-refractivity contribution in [1.29, 1.82) is 0 Å². The van der Waals surface area contributed by atoms with Gasteiger partial charge in [-0.1, -0.05) is 0 Å². The van der Waals surface area contributed by atoms with Gasteiger partial charge in [-0.25, -0.2) is 13.6 Å². The molecule has 2 atom stereocenters. The van der Waals surface area contributed by atoms with Crippen LogP contribution >= 0.6 is 0 Å². The van der Waals surface area contributed by atoms with E-state index >= 15 is 0 Å². The van der Waals surface area contributed by atoms with Gasteiger partial charge in [0.15, 0.2) is 11.6 Å². The molecule has 0 amide bonds. The highest BCUT2D eigenvalue weighted by Crippen LogP contribution is 2.29. The fourth-order valence-corrected chi connectivity index (χ4v) is 2.38. The SMILES string of the molecule is C[C@@H]1CN(c2c(C(=O)O)ccc(F)c2F)C[C@@H](C)O1. The molecule has 1 aliphatic rings. The molecule has 0 saturated carbocycles. The summed E-state index contributed by atoms with van der Waals surface area (Å²) in [4.78, 5) is 12.7. The number of hydrogen-bond acceptors (Lipinski definition) is 3. The summed E-state index contributed by atoms with van der Waals surface area (Å²) in [5.74, 6) is -3.45. The zero-order valence-corrected chi connectivity index (χ0v) is 10.7. The number of ether oxygens (including phenoxy) is 1. The lowest BCUT2D eigenvalue weighted by Gasteiger charge is -2.37. The van der Waals surface area contributed by atoms with Crippen LogP contribution in [0.4, 0.5) is 14.5 Å². The van der Waals surface area contributed by atoms with E-state index in [9.17, 15) is 13.6 Å². The van der Waals surface area contributed by atoms with Crippen molar-refractivity contribution < 1.29 is 23.4 Å². The van der Waals surface area contributed by atoms with E-state index in [1.165, 1.54) is 4.90 Å². The standard InChI is InChI=1S/C13H15F2NO3/c1-7-5-16(6-8(2)19-7)12-9(13(17)18)3-4-10(14)11(12)15/h3-4,7-8H,5-6H2,1-2H3,(H,17,18)/t7-,8-/m1/s1. The Labute approximate surface area is 109 Å². The molecule has 104 valence electrons. The summed E-state index contributed by atoms with van der Waals surface area (Å²) in [5.41, 5.74) is -0.435. The number of hydrogen-bond donors (Lipinski definition) is 1. The maximum Gasteiger partial charge on any atom is 0.337 e. The Morgan fingerprint density at radius 1 is 1.32 bits per heavy atom. The number of anilines is 1. The number of carbonyl (C=O) groups is 1. The van der Waals surface area contributed by atoms with Gasteiger partial charge in [0.25, 0.3) is 0 Å². The molecule has 1 heterocycles. The van der Waals surface area contributed by atoms with E-state index in [1.807, 2.05) is 0 Å². The van der Waals surface area contributed by atoms with Crippen LogP contribution in [0.1, 0.15) is 24.2 Å². The Morgan fingerprint density at radius 2 is 1.89 bits per heavy atom. The molecule has 0 aliphatic carbocycles. The molecule has 0 spiro atoms. The van der Waals surface area contributed by atoms with E-state index in [0.717, 1.165) is 12.1 Å². The second-order valence-corrected chi connectivity index (χ2v) is 4.72. The summed E-state index contributed by atoms with van der Waals surface area (Å²) in [5, 5.41) is 9.10. The number of carboxylic acid groups (broad SMARTS) is 1. The topological polar surface area (TPSA) is 49.8 Å². The van der Waals surface area contributed by atoms with Crippen molar-refractivity contribution in [3.63, 3.8) is 0 Å². The van der Waals surface area contributed by atoms with Gasteiger partial charge in [-0.3, -0.25) is 0 Å². The highest BCUT2D eigenvalue weighted by atomic mass is 19.2. The van der Waals surface area contributed by atoms with Crippen LogP contribution in [0, 0.1) is 11.6 Å². The van der Waals surface area contributed by atoms with Crippen LogP contribution < -0.4 is 4.90 Å². The number of halogens is 2. The first kappa shape index (κ1) is 13.7. The van der Waals surface area contributed by atoms with E-state index < -0.39 is 17.6 Å². The summed E-state index contributed by atoms with van der Waals surface area (Å²) in [6, 6.07) is 1.91. The Bertz CT molecular complexity index is 497. The summed E-state index contributed by atoms with van der Waals surface area (Å²) >= 11 is 0. The molecule has 0 bridgehead atoms. The van der Waals surface area contributed by atoms with E-state index in [-0.39, 0.29) is 23.5 Å². The quantitative estimate of drug-likeness (QED) is 0.896. The van der Waals surface area contributed by atoms with E-state index in [1.54, 1.807) is 13.8 Å². The monoisotopic (exact) mass is 271 g/mol. The van der Waals surface area contributed by atoms with Crippen LogP contribution in [0.25, 0.3) is 0 Å². The number of nitrogens with zero attached hydrogens (tertiary/aromatic N) is 1. The largest absolute Gasteiger partial charge is 0.478 e. The van der Waals surface area contributed by atoms with Crippen molar-refractivity contribution >= 4 is 11.7 Å². The number of morpholine rings is 1. The van der Waals surface area contributed by atoms with Gasteiger partial charge in [-0.05, 0) is 26.0 Å². The van der Waals surface area contributed by atoms with Crippen LogP contribution in [0.3, 0.4) is 0 Å². The summed E-state index contributed by atoms with van der Waals surface area (Å²) in [7, 11) is 0. The molecule has 1 N–H and O–H groups in total. The molecule has 1 fully saturated rings. The van der Waals surface area contributed by atoms with E-state index in [4.69, 9.17) is 9.84 Å². The van der Waals surface area contributed by atoms with Crippen molar-refractivity contribution in [2.45, 2.75) is 26.1 Å². The van der Waals surface area contributed by atoms with Gasteiger partial charge in [0.1, 0.15) is 0 Å². The van der Waals surface area contributed by atoms with Gasteiger partial charge in [-0.15, -0.1) is 0 Å². The minimum absolute atomic E-state index is 0.173. The van der Waals surface area contributed by atoms with Gasteiger partial charge in [0, 0.05) is 13.1 Å².